The molecule has 0 aliphatic heterocycles. The maximum atomic E-state index is 11.9. The molecule has 0 bridgehead atoms. The highest BCUT2D eigenvalue weighted by atomic mass is 19.3. The van der Waals surface area contributed by atoms with Gasteiger partial charge in [-0.3, -0.25) is 0 Å². The van der Waals surface area contributed by atoms with Crippen LogP contribution in [0.25, 0.3) is 11.3 Å². The molecule has 0 saturated carbocycles. The van der Waals surface area contributed by atoms with Crippen molar-refractivity contribution in [3.8, 4) is 17.1 Å². The summed E-state index contributed by atoms with van der Waals surface area (Å²) in [7, 11) is 0. The standard InChI is InChI=1S/C12H8F2N2O3/c13-12(14)19-10-5-4-7(6-15-10)8-2-1-3-9(16-8)11(17)18/h1-6,12H,(H,17,18). The topological polar surface area (TPSA) is 72.3 Å². The van der Waals surface area contributed by atoms with Crippen molar-refractivity contribution in [3.63, 3.8) is 0 Å². The molecule has 2 aromatic rings. The summed E-state index contributed by atoms with van der Waals surface area (Å²) < 4.78 is 28.0. The molecule has 0 unspecified atom stereocenters. The predicted molar refractivity (Wildman–Crippen MR) is 61.1 cm³/mol. The minimum absolute atomic E-state index is 0.106. The van der Waals surface area contributed by atoms with Crippen molar-refractivity contribution in [2.45, 2.75) is 6.61 Å². The molecule has 7 heteroatoms. The Bertz CT molecular complexity index is 588. The predicted octanol–water partition coefficient (Wildman–Crippen LogP) is 2.44. The van der Waals surface area contributed by atoms with E-state index in [1.54, 1.807) is 6.07 Å². The fourth-order valence-corrected chi connectivity index (χ4v) is 1.41. The van der Waals surface area contributed by atoms with Crippen LogP contribution in [-0.4, -0.2) is 27.7 Å². The van der Waals surface area contributed by atoms with E-state index in [4.69, 9.17) is 5.11 Å². The second kappa shape index (κ2) is 5.38. The maximum Gasteiger partial charge on any atom is 0.388 e. The quantitative estimate of drug-likeness (QED) is 0.920. The highest BCUT2D eigenvalue weighted by Gasteiger charge is 2.08. The van der Waals surface area contributed by atoms with Crippen LogP contribution >= 0.6 is 0 Å². The molecule has 19 heavy (non-hydrogen) atoms. The summed E-state index contributed by atoms with van der Waals surface area (Å²) in [5.74, 6) is -1.36. The van der Waals surface area contributed by atoms with Crippen LogP contribution in [0.15, 0.2) is 36.5 Å². The lowest BCUT2D eigenvalue weighted by molar-refractivity contribution is -0.0528. The van der Waals surface area contributed by atoms with E-state index in [0.29, 0.717) is 11.3 Å². The van der Waals surface area contributed by atoms with E-state index in [2.05, 4.69) is 14.7 Å². The number of pyridine rings is 2. The first-order valence-corrected chi connectivity index (χ1v) is 5.18. The zero-order valence-electron chi connectivity index (χ0n) is 9.46. The number of aromatic carboxylic acids is 1. The molecular weight excluding hydrogens is 258 g/mol. The molecule has 2 heterocycles. The Morgan fingerprint density at radius 3 is 2.63 bits per heavy atom. The van der Waals surface area contributed by atoms with Gasteiger partial charge >= 0.3 is 12.6 Å². The lowest BCUT2D eigenvalue weighted by Gasteiger charge is -2.05. The van der Waals surface area contributed by atoms with E-state index in [9.17, 15) is 13.6 Å². The maximum absolute atomic E-state index is 11.9. The number of carboxylic acids is 1. The molecule has 1 N–H and O–H groups in total. The number of alkyl halides is 2. The fourth-order valence-electron chi connectivity index (χ4n) is 1.41. The second-order valence-electron chi connectivity index (χ2n) is 3.48. The largest absolute Gasteiger partial charge is 0.477 e. The average Bonchev–Trinajstić information content (AvgIpc) is 2.39. The van der Waals surface area contributed by atoms with E-state index in [1.807, 2.05) is 0 Å². The molecule has 0 fully saturated rings. The Hall–Kier alpha value is -2.57. The summed E-state index contributed by atoms with van der Waals surface area (Å²) in [6.07, 6.45) is 1.28. The molecule has 0 atom stereocenters. The van der Waals surface area contributed by atoms with Gasteiger partial charge in [-0.25, -0.2) is 14.8 Å². The molecule has 0 aromatic carbocycles. The van der Waals surface area contributed by atoms with Crippen LogP contribution in [0.4, 0.5) is 8.78 Å². The van der Waals surface area contributed by atoms with Crippen LogP contribution in [0.3, 0.4) is 0 Å². The fraction of sp³-hybridized carbons (Fsp3) is 0.0833. The summed E-state index contributed by atoms with van der Waals surface area (Å²) >= 11 is 0. The molecule has 0 aliphatic rings. The van der Waals surface area contributed by atoms with Crippen molar-refractivity contribution in [1.82, 2.24) is 9.97 Å². The highest BCUT2D eigenvalue weighted by molar-refractivity contribution is 5.86. The summed E-state index contributed by atoms with van der Waals surface area (Å²) in [6, 6.07) is 7.22. The van der Waals surface area contributed by atoms with Gasteiger partial charge in [-0.2, -0.15) is 8.78 Å². The number of nitrogens with zero attached hydrogens (tertiary/aromatic N) is 2. The lowest BCUT2D eigenvalue weighted by atomic mass is 10.2. The summed E-state index contributed by atoms with van der Waals surface area (Å²) in [5, 5.41) is 8.82. The molecule has 0 aliphatic carbocycles. The Labute approximate surface area is 106 Å². The van der Waals surface area contributed by atoms with Crippen molar-refractivity contribution in [1.29, 1.82) is 0 Å². The number of rotatable bonds is 4. The molecule has 0 saturated heterocycles. The molecule has 2 aromatic heterocycles. The zero-order valence-corrected chi connectivity index (χ0v) is 9.46. The minimum Gasteiger partial charge on any atom is -0.477 e. The van der Waals surface area contributed by atoms with Gasteiger partial charge in [0.2, 0.25) is 5.88 Å². The monoisotopic (exact) mass is 266 g/mol. The van der Waals surface area contributed by atoms with E-state index >= 15 is 0 Å². The number of carboxylic acid groups (broad SMARTS) is 1. The Kier molecular flexibility index (Phi) is 3.65. The van der Waals surface area contributed by atoms with Gasteiger partial charge in [-0.1, -0.05) is 6.07 Å². The third-order valence-corrected chi connectivity index (χ3v) is 2.21. The second-order valence-corrected chi connectivity index (χ2v) is 3.48. The zero-order chi connectivity index (χ0) is 13.8. The molecule has 2 rings (SSSR count). The van der Waals surface area contributed by atoms with E-state index < -0.39 is 12.6 Å². The van der Waals surface area contributed by atoms with Crippen LogP contribution in [-0.2, 0) is 0 Å². The molecule has 0 radical (unpaired) electrons. The van der Waals surface area contributed by atoms with Gasteiger partial charge in [-0.15, -0.1) is 0 Å². The third-order valence-electron chi connectivity index (χ3n) is 2.21. The molecule has 0 amide bonds. The normalized spacial score (nSPS) is 10.5. The van der Waals surface area contributed by atoms with E-state index in [-0.39, 0.29) is 11.6 Å². The number of hydrogen-bond donors (Lipinski definition) is 1. The van der Waals surface area contributed by atoms with Gasteiger partial charge in [-0.05, 0) is 18.2 Å². The Morgan fingerprint density at radius 2 is 2.05 bits per heavy atom. The van der Waals surface area contributed by atoms with Gasteiger partial charge < -0.3 is 9.84 Å². The van der Waals surface area contributed by atoms with Crippen LogP contribution in [0.2, 0.25) is 0 Å². The molecular formula is C12H8F2N2O3. The van der Waals surface area contributed by atoms with Crippen molar-refractivity contribution in [3.05, 3.63) is 42.2 Å². The highest BCUT2D eigenvalue weighted by Crippen LogP contribution is 2.19. The van der Waals surface area contributed by atoms with Crippen LogP contribution in [0.5, 0.6) is 5.88 Å². The lowest BCUT2D eigenvalue weighted by Crippen LogP contribution is -2.03. The minimum atomic E-state index is -2.94. The average molecular weight is 266 g/mol. The van der Waals surface area contributed by atoms with Gasteiger partial charge in [0.05, 0.1) is 5.69 Å². The van der Waals surface area contributed by atoms with Crippen molar-refractivity contribution in [2.24, 2.45) is 0 Å². The van der Waals surface area contributed by atoms with Crippen molar-refractivity contribution < 1.29 is 23.4 Å². The van der Waals surface area contributed by atoms with Gasteiger partial charge in [0.25, 0.3) is 0 Å². The van der Waals surface area contributed by atoms with Crippen molar-refractivity contribution in [2.75, 3.05) is 0 Å². The number of halogens is 2. The smallest absolute Gasteiger partial charge is 0.388 e. The van der Waals surface area contributed by atoms with Crippen molar-refractivity contribution >= 4 is 5.97 Å². The Morgan fingerprint density at radius 1 is 1.26 bits per heavy atom. The Balaban J connectivity index is 2.27. The number of hydrogen-bond acceptors (Lipinski definition) is 4. The van der Waals surface area contributed by atoms with E-state index in [1.165, 1.54) is 30.5 Å². The van der Waals surface area contributed by atoms with Gasteiger partial charge in [0.15, 0.2) is 0 Å². The molecule has 5 nitrogen and oxygen atoms in total. The SMILES string of the molecule is O=C(O)c1cccc(-c2ccc(OC(F)F)nc2)n1. The number of carbonyl (C=O) groups is 1. The third kappa shape index (κ3) is 3.21. The first-order valence-electron chi connectivity index (χ1n) is 5.18. The van der Waals surface area contributed by atoms with E-state index in [0.717, 1.165) is 0 Å². The van der Waals surface area contributed by atoms with Crippen LogP contribution in [0.1, 0.15) is 10.5 Å². The number of ether oxygens (including phenoxy) is 1. The summed E-state index contributed by atoms with van der Waals surface area (Å²) in [5.41, 5.74) is 0.783. The first-order chi connectivity index (χ1) is 9.06. The van der Waals surface area contributed by atoms with Crippen LogP contribution < -0.4 is 4.74 Å². The summed E-state index contributed by atoms with van der Waals surface area (Å²) in [4.78, 5) is 18.4. The van der Waals surface area contributed by atoms with Gasteiger partial charge in [0.1, 0.15) is 5.69 Å². The first kappa shape index (κ1) is 12.9. The molecule has 0 spiro atoms. The number of aromatic nitrogens is 2. The van der Waals surface area contributed by atoms with Crippen LogP contribution in [0, 0.1) is 0 Å². The van der Waals surface area contributed by atoms with Gasteiger partial charge in [0, 0.05) is 17.8 Å². The molecule has 98 valence electrons. The summed E-state index contributed by atoms with van der Waals surface area (Å²) in [6.45, 7) is -2.94.